The van der Waals surface area contributed by atoms with Gasteiger partial charge in [0.25, 0.3) is 0 Å². The van der Waals surface area contributed by atoms with E-state index < -0.39 is 5.82 Å². The number of oxazole rings is 1. The van der Waals surface area contributed by atoms with E-state index in [0.29, 0.717) is 17.0 Å². The van der Waals surface area contributed by atoms with Crippen molar-refractivity contribution in [2.45, 2.75) is 0 Å². The van der Waals surface area contributed by atoms with Gasteiger partial charge in [-0.2, -0.15) is 0 Å². The Labute approximate surface area is 114 Å². The van der Waals surface area contributed by atoms with Crippen LogP contribution in [0.3, 0.4) is 0 Å². The Morgan fingerprint density at radius 3 is 2.84 bits per heavy atom. The van der Waals surface area contributed by atoms with E-state index in [0.717, 1.165) is 11.3 Å². The van der Waals surface area contributed by atoms with Crippen LogP contribution >= 0.6 is 11.6 Å². The molecule has 0 radical (unpaired) electrons. The van der Waals surface area contributed by atoms with Gasteiger partial charge in [0.05, 0.1) is 10.6 Å². The Bertz CT molecular complexity index is 754. The van der Waals surface area contributed by atoms with Crippen molar-refractivity contribution in [3.05, 3.63) is 47.2 Å². The van der Waals surface area contributed by atoms with Gasteiger partial charge in [-0.25, -0.2) is 9.37 Å². The number of benzene rings is 2. The van der Waals surface area contributed by atoms with Crippen molar-refractivity contribution in [2.24, 2.45) is 0 Å². The zero-order chi connectivity index (χ0) is 13.4. The van der Waals surface area contributed by atoms with Crippen LogP contribution in [0.25, 0.3) is 22.6 Å². The lowest BCUT2D eigenvalue weighted by Crippen LogP contribution is -1.91. The molecule has 19 heavy (non-hydrogen) atoms. The first-order valence-corrected chi connectivity index (χ1v) is 6.09. The van der Waals surface area contributed by atoms with Crippen molar-refractivity contribution in [1.82, 2.24) is 4.98 Å². The van der Waals surface area contributed by atoms with Crippen molar-refractivity contribution >= 4 is 28.4 Å². The maximum Gasteiger partial charge on any atom is 0.229 e. The van der Waals surface area contributed by atoms with Gasteiger partial charge in [0.15, 0.2) is 5.58 Å². The van der Waals surface area contributed by atoms with Crippen molar-refractivity contribution in [1.29, 1.82) is 0 Å². The molecule has 96 valence electrons. The predicted octanol–water partition coefficient (Wildman–Crippen LogP) is 4.33. The first kappa shape index (κ1) is 12.0. The van der Waals surface area contributed by atoms with Crippen molar-refractivity contribution < 1.29 is 8.81 Å². The molecule has 0 spiro atoms. The predicted molar refractivity (Wildman–Crippen MR) is 74.0 cm³/mol. The average molecular weight is 277 g/mol. The number of rotatable bonds is 2. The summed E-state index contributed by atoms with van der Waals surface area (Å²) in [6.07, 6.45) is 0. The van der Waals surface area contributed by atoms with E-state index in [-0.39, 0.29) is 5.02 Å². The summed E-state index contributed by atoms with van der Waals surface area (Å²) in [6, 6.07) is 10.1. The minimum atomic E-state index is -0.431. The smallest absolute Gasteiger partial charge is 0.229 e. The number of para-hydroxylation sites is 1. The molecule has 0 saturated carbocycles. The molecule has 0 bridgehead atoms. The van der Waals surface area contributed by atoms with Crippen LogP contribution in [0, 0.1) is 5.82 Å². The highest BCUT2D eigenvalue weighted by atomic mass is 35.5. The molecule has 0 aliphatic carbocycles. The highest BCUT2D eigenvalue weighted by Crippen LogP contribution is 2.33. The first-order valence-electron chi connectivity index (χ1n) is 5.72. The molecule has 0 amide bonds. The molecule has 0 unspecified atom stereocenters. The van der Waals surface area contributed by atoms with Gasteiger partial charge in [-0.15, -0.1) is 0 Å². The van der Waals surface area contributed by atoms with Crippen molar-refractivity contribution in [2.75, 3.05) is 12.4 Å². The van der Waals surface area contributed by atoms with E-state index in [1.54, 1.807) is 0 Å². The Hall–Kier alpha value is -2.07. The molecule has 5 heteroatoms. The van der Waals surface area contributed by atoms with Crippen LogP contribution in [0.15, 0.2) is 40.8 Å². The van der Waals surface area contributed by atoms with Crippen LogP contribution in [-0.2, 0) is 0 Å². The fourth-order valence-corrected chi connectivity index (χ4v) is 2.20. The second-order valence-electron chi connectivity index (χ2n) is 4.05. The summed E-state index contributed by atoms with van der Waals surface area (Å²) in [4.78, 5) is 4.28. The molecule has 0 aliphatic heterocycles. The number of aromatic nitrogens is 1. The van der Waals surface area contributed by atoms with Gasteiger partial charge < -0.3 is 9.73 Å². The summed E-state index contributed by atoms with van der Waals surface area (Å²) in [5.74, 6) is -0.0216. The number of nitrogens with one attached hydrogen (secondary N) is 1. The molecular weight excluding hydrogens is 267 g/mol. The number of hydrogen-bond donors (Lipinski definition) is 1. The fourth-order valence-electron chi connectivity index (χ4n) is 1.96. The molecule has 1 N–H and O–H groups in total. The SMILES string of the molecule is CNc1ccccc1-c1nc2cc(F)cc(Cl)c2o1. The molecule has 3 aromatic rings. The van der Waals surface area contributed by atoms with Crippen LogP contribution in [0.1, 0.15) is 0 Å². The van der Waals surface area contributed by atoms with Gasteiger partial charge in [0.2, 0.25) is 5.89 Å². The first-order chi connectivity index (χ1) is 9.19. The molecule has 0 saturated heterocycles. The van der Waals surface area contributed by atoms with Gasteiger partial charge in [-0.05, 0) is 18.2 Å². The van der Waals surface area contributed by atoms with Crippen LogP contribution in [-0.4, -0.2) is 12.0 Å². The van der Waals surface area contributed by atoms with Crippen molar-refractivity contribution in [3.63, 3.8) is 0 Å². The second-order valence-corrected chi connectivity index (χ2v) is 4.46. The molecular formula is C14H10ClFN2O. The molecule has 0 fully saturated rings. The molecule has 0 atom stereocenters. The Morgan fingerprint density at radius 2 is 2.05 bits per heavy atom. The number of fused-ring (bicyclic) bond motifs is 1. The second kappa shape index (κ2) is 4.55. The largest absolute Gasteiger partial charge is 0.434 e. The number of anilines is 1. The normalized spacial score (nSPS) is 10.9. The number of nitrogens with zero attached hydrogens (tertiary/aromatic N) is 1. The summed E-state index contributed by atoms with van der Waals surface area (Å²) in [7, 11) is 1.81. The van der Waals surface area contributed by atoms with Crippen LogP contribution < -0.4 is 5.32 Å². The third kappa shape index (κ3) is 2.04. The van der Waals surface area contributed by atoms with E-state index in [4.69, 9.17) is 16.0 Å². The standard InChI is InChI=1S/C14H10ClFN2O/c1-17-11-5-3-2-4-9(11)14-18-12-7-8(16)6-10(15)13(12)19-14/h2-7,17H,1H3. The zero-order valence-corrected chi connectivity index (χ0v) is 10.8. The summed E-state index contributed by atoms with van der Waals surface area (Å²) >= 11 is 5.95. The Kier molecular flexibility index (Phi) is 2.87. The van der Waals surface area contributed by atoms with Gasteiger partial charge >= 0.3 is 0 Å². The lowest BCUT2D eigenvalue weighted by Gasteiger charge is -2.04. The van der Waals surface area contributed by atoms with E-state index >= 15 is 0 Å². The van der Waals surface area contributed by atoms with Crippen LogP contribution in [0.4, 0.5) is 10.1 Å². The monoisotopic (exact) mass is 276 g/mol. The zero-order valence-electron chi connectivity index (χ0n) is 10.1. The molecule has 1 aromatic heterocycles. The van der Waals surface area contributed by atoms with E-state index in [9.17, 15) is 4.39 Å². The van der Waals surface area contributed by atoms with Gasteiger partial charge in [-0.3, -0.25) is 0 Å². The molecule has 2 aromatic carbocycles. The summed E-state index contributed by atoms with van der Waals surface area (Å²) < 4.78 is 18.9. The van der Waals surface area contributed by atoms with Gasteiger partial charge in [-0.1, -0.05) is 23.7 Å². The van der Waals surface area contributed by atoms with Crippen LogP contribution in [0.2, 0.25) is 5.02 Å². The van der Waals surface area contributed by atoms with E-state index in [2.05, 4.69) is 10.3 Å². The Balaban J connectivity index is 2.23. The average Bonchev–Trinajstić information content (AvgIpc) is 2.82. The third-order valence-corrected chi connectivity index (χ3v) is 3.12. The number of halogens is 2. The van der Waals surface area contributed by atoms with Crippen molar-refractivity contribution in [3.8, 4) is 11.5 Å². The summed E-state index contributed by atoms with van der Waals surface area (Å²) in [6.45, 7) is 0. The third-order valence-electron chi connectivity index (χ3n) is 2.84. The van der Waals surface area contributed by atoms with Crippen LogP contribution in [0.5, 0.6) is 0 Å². The highest BCUT2D eigenvalue weighted by Gasteiger charge is 2.14. The topological polar surface area (TPSA) is 38.1 Å². The molecule has 3 nitrogen and oxygen atoms in total. The lowest BCUT2D eigenvalue weighted by molar-refractivity contribution is 0.614. The quantitative estimate of drug-likeness (QED) is 0.757. The summed E-state index contributed by atoms with van der Waals surface area (Å²) in [5, 5.41) is 3.28. The molecule has 3 rings (SSSR count). The van der Waals surface area contributed by atoms with E-state index in [1.807, 2.05) is 31.3 Å². The van der Waals surface area contributed by atoms with Gasteiger partial charge in [0, 0.05) is 18.8 Å². The minimum Gasteiger partial charge on any atom is -0.434 e. The molecule has 1 heterocycles. The Morgan fingerprint density at radius 1 is 1.26 bits per heavy atom. The van der Waals surface area contributed by atoms with E-state index in [1.165, 1.54) is 12.1 Å². The number of hydrogen-bond acceptors (Lipinski definition) is 3. The van der Waals surface area contributed by atoms with Gasteiger partial charge in [0.1, 0.15) is 11.3 Å². The maximum absolute atomic E-state index is 13.3. The summed E-state index contributed by atoms with van der Waals surface area (Å²) in [5.41, 5.74) is 2.48. The lowest BCUT2D eigenvalue weighted by atomic mass is 10.2. The minimum absolute atomic E-state index is 0.218. The highest BCUT2D eigenvalue weighted by molar-refractivity contribution is 6.34. The molecule has 0 aliphatic rings. The maximum atomic E-state index is 13.3. The fraction of sp³-hybridized carbons (Fsp3) is 0.0714.